The van der Waals surface area contributed by atoms with Gasteiger partial charge in [0.1, 0.15) is 0 Å². The zero-order chi connectivity index (χ0) is 11.0. The minimum absolute atomic E-state index is 0.00967. The number of nitrogens with zero attached hydrogens (tertiary/aromatic N) is 1. The number of fused-ring (bicyclic) bond motifs is 2. The number of rotatable bonds is 0. The van der Waals surface area contributed by atoms with Crippen LogP contribution in [0.2, 0.25) is 0 Å². The predicted octanol–water partition coefficient (Wildman–Crippen LogP) is 2.23. The third-order valence-electron chi connectivity index (χ3n) is 3.77. The summed E-state index contributed by atoms with van der Waals surface area (Å²) in [6, 6.07) is 10.9. The van der Waals surface area contributed by atoms with E-state index < -0.39 is 0 Å². The van der Waals surface area contributed by atoms with E-state index in [2.05, 4.69) is 47.8 Å². The van der Waals surface area contributed by atoms with Gasteiger partial charge in [-0.3, -0.25) is 0 Å². The fourth-order valence-corrected chi connectivity index (χ4v) is 2.93. The summed E-state index contributed by atoms with van der Waals surface area (Å²) in [5.41, 5.74) is 2.83. The molecule has 1 spiro atoms. The van der Waals surface area contributed by atoms with E-state index in [1.54, 1.807) is 0 Å². The second-order valence-electron chi connectivity index (χ2n) is 4.67. The SMILES string of the molecule is N#CC1CC2(C=Cc3ccccc32)CCN1. The van der Waals surface area contributed by atoms with Crippen molar-refractivity contribution in [2.24, 2.45) is 0 Å². The van der Waals surface area contributed by atoms with Crippen LogP contribution in [0.3, 0.4) is 0 Å². The molecule has 1 fully saturated rings. The lowest BCUT2D eigenvalue weighted by Crippen LogP contribution is -2.44. The Bertz CT molecular complexity index is 484. The van der Waals surface area contributed by atoms with Gasteiger partial charge in [-0.15, -0.1) is 0 Å². The standard InChI is InChI=1S/C14H14N2/c15-10-12-9-14(7-8-16-12)6-5-11-3-1-2-4-13(11)14/h1-6,12,16H,7-9H2. The van der Waals surface area contributed by atoms with Crippen molar-refractivity contribution in [3.63, 3.8) is 0 Å². The van der Waals surface area contributed by atoms with Crippen molar-refractivity contribution in [3.05, 3.63) is 41.5 Å². The molecule has 16 heavy (non-hydrogen) atoms. The van der Waals surface area contributed by atoms with Crippen LogP contribution >= 0.6 is 0 Å². The highest BCUT2D eigenvalue weighted by atomic mass is 14.9. The van der Waals surface area contributed by atoms with Crippen molar-refractivity contribution < 1.29 is 0 Å². The Kier molecular flexibility index (Phi) is 2.08. The molecular weight excluding hydrogens is 196 g/mol. The van der Waals surface area contributed by atoms with Gasteiger partial charge in [-0.05, 0) is 30.5 Å². The molecule has 1 aliphatic carbocycles. The van der Waals surface area contributed by atoms with Crippen LogP contribution in [0.5, 0.6) is 0 Å². The van der Waals surface area contributed by atoms with Gasteiger partial charge in [0.25, 0.3) is 0 Å². The second-order valence-corrected chi connectivity index (χ2v) is 4.67. The monoisotopic (exact) mass is 210 g/mol. The fraction of sp³-hybridized carbons (Fsp3) is 0.357. The summed E-state index contributed by atoms with van der Waals surface area (Å²) in [6.07, 6.45) is 6.49. The van der Waals surface area contributed by atoms with Crippen LogP contribution in [0.25, 0.3) is 6.08 Å². The molecule has 2 heteroatoms. The summed E-state index contributed by atoms with van der Waals surface area (Å²) in [7, 11) is 0. The lowest BCUT2D eigenvalue weighted by molar-refractivity contribution is 0.340. The Labute approximate surface area is 95.6 Å². The van der Waals surface area contributed by atoms with Gasteiger partial charge in [-0.25, -0.2) is 0 Å². The molecule has 0 bridgehead atoms. The Hall–Kier alpha value is -1.59. The Morgan fingerprint density at radius 2 is 2.25 bits per heavy atom. The van der Waals surface area contributed by atoms with Gasteiger partial charge in [-0.2, -0.15) is 5.26 Å². The van der Waals surface area contributed by atoms with Crippen LogP contribution in [-0.4, -0.2) is 12.6 Å². The number of piperidine rings is 1. The normalized spacial score (nSPS) is 31.3. The molecule has 0 saturated carbocycles. The van der Waals surface area contributed by atoms with E-state index in [0.29, 0.717) is 0 Å². The minimum Gasteiger partial charge on any atom is -0.302 e. The summed E-state index contributed by atoms with van der Waals surface area (Å²) < 4.78 is 0. The molecule has 0 aromatic heterocycles. The van der Waals surface area contributed by atoms with E-state index in [0.717, 1.165) is 19.4 Å². The first-order valence-electron chi connectivity index (χ1n) is 5.76. The molecule has 1 N–H and O–H groups in total. The molecular formula is C14H14N2. The third kappa shape index (κ3) is 1.29. The van der Waals surface area contributed by atoms with Crippen LogP contribution in [-0.2, 0) is 5.41 Å². The maximum absolute atomic E-state index is 9.05. The molecule has 1 aromatic rings. The summed E-state index contributed by atoms with van der Waals surface area (Å²) in [5.74, 6) is 0. The van der Waals surface area contributed by atoms with Gasteiger partial charge in [-0.1, -0.05) is 36.4 Å². The zero-order valence-corrected chi connectivity index (χ0v) is 9.11. The van der Waals surface area contributed by atoms with E-state index in [1.165, 1.54) is 11.1 Å². The van der Waals surface area contributed by atoms with E-state index in [-0.39, 0.29) is 11.5 Å². The lowest BCUT2D eigenvalue weighted by Gasteiger charge is -2.36. The lowest BCUT2D eigenvalue weighted by atomic mass is 9.73. The Balaban J connectivity index is 2.02. The number of allylic oxidation sites excluding steroid dienone is 1. The van der Waals surface area contributed by atoms with Gasteiger partial charge >= 0.3 is 0 Å². The maximum Gasteiger partial charge on any atom is 0.0964 e. The second kappa shape index (κ2) is 3.47. The molecule has 1 saturated heterocycles. The number of nitriles is 1. The fourth-order valence-electron chi connectivity index (χ4n) is 2.93. The van der Waals surface area contributed by atoms with Crippen LogP contribution in [0.1, 0.15) is 24.0 Å². The highest BCUT2D eigenvalue weighted by Gasteiger charge is 2.39. The van der Waals surface area contributed by atoms with E-state index in [1.807, 2.05) is 0 Å². The summed E-state index contributed by atoms with van der Waals surface area (Å²) >= 11 is 0. The summed E-state index contributed by atoms with van der Waals surface area (Å²) in [6.45, 7) is 0.927. The minimum atomic E-state index is -0.00967. The largest absolute Gasteiger partial charge is 0.302 e. The number of hydrogen-bond donors (Lipinski definition) is 1. The first-order chi connectivity index (χ1) is 7.84. The van der Waals surface area contributed by atoms with E-state index in [9.17, 15) is 0 Å². The quantitative estimate of drug-likeness (QED) is 0.712. The van der Waals surface area contributed by atoms with Crippen molar-refractivity contribution >= 4 is 6.08 Å². The molecule has 2 unspecified atom stereocenters. The maximum atomic E-state index is 9.05. The van der Waals surface area contributed by atoms with E-state index >= 15 is 0 Å². The third-order valence-corrected chi connectivity index (χ3v) is 3.77. The van der Waals surface area contributed by atoms with Gasteiger partial charge in [0, 0.05) is 5.41 Å². The predicted molar refractivity (Wildman–Crippen MR) is 63.8 cm³/mol. The molecule has 2 nitrogen and oxygen atoms in total. The number of nitrogens with one attached hydrogen (secondary N) is 1. The van der Waals surface area contributed by atoms with Crippen molar-refractivity contribution in [1.29, 1.82) is 5.26 Å². The van der Waals surface area contributed by atoms with Crippen molar-refractivity contribution in [2.45, 2.75) is 24.3 Å². The molecule has 0 amide bonds. The topological polar surface area (TPSA) is 35.8 Å². The first-order valence-corrected chi connectivity index (χ1v) is 5.76. The van der Waals surface area contributed by atoms with Crippen LogP contribution in [0.15, 0.2) is 30.3 Å². The molecule has 3 rings (SSSR count). The van der Waals surface area contributed by atoms with E-state index in [4.69, 9.17) is 5.26 Å². The number of benzene rings is 1. The molecule has 0 radical (unpaired) electrons. The van der Waals surface area contributed by atoms with Gasteiger partial charge in [0.05, 0.1) is 12.1 Å². The molecule has 1 heterocycles. The van der Waals surface area contributed by atoms with Crippen LogP contribution in [0.4, 0.5) is 0 Å². The van der Waals surface area contributed by atoms with Crippen LogP contribution < -0.4 is 5.32 Å². The molecule has 80 valence electrons. The average Bonchev–Trinajstić information content (AvgIpc) is 2.69. The van der Waals surface area contributed by atoms with Crippen molar-refractivity contribution in [1.82, 2.24) is 5.32 Å². The Morgan fingerprint density at radius 3 is 3.12 bits per heavy atom. The van der Waals surface area contributed by atoms with Crippen molar-refractivity contribution in [2.75, 3.05) is 6.54 Å². The highest BCUT2D eigenvalue weighted by molar-refractivity contribution is 5.65. The van der Waals surface area contributed by atoms with Crippen molar-refractivity contribution in [3.8, 4) is 6.07 Å². The summed E-state index contributed by atoms with van der Waals surface area (Å²) in [5, 5.41) is 12.3. The van der Waals surface area contributed by atoms with Gasteiger partial charge < -0.3 is 5.32 Å². The molecule has 1 aliphatic heterocycles. The van der Waals surface area contributed by atoms with Crippen LogP contribution in [0, 0.1) is 11.3 Å². The summed E-state index contributed by atoms with van der Waals surface area (Å²) in [4.78, 5) is 0. The zero-order valence-electron chi connectivity index (χ0n) is 9.11. The molecule has 2 atom stereocenters. The van der Waals surface area contributed by atoms with Gasteiger partial charge in [0.2, 0.25) is 0 Å². The van der Waals surface area contributed by atoms with Gasteiger partial charge in [0.15, 0.2) is 0 Å². The highest BCUT2D eigenvalue weighted by Crippen LogP contribution is 2.43. The Morgan fingerprint density at radius 1 is 1.38 bits per heavy atom. The molecule has 1 aromatic carbocycles. The number of hydrogen-bond acceptors (Lipinski definition) is 2. The molecule has 2 aliphatic rings. The smallest absolute Gasteiger partial charge is 0.0964 e. The first kappa shape index (κ1) is 9.62. The average molecular weight is 210 g/mol.